The molecule has 2 N–H and O–H groups in total. The zero-order valence-corrected chi connectivity index (χ0v) is 14.9. The number of aromatic nitrogens is 1. The van der Waals surface area contributed by atoms with Gasteiger partial charge in [0.2, 0.25) is 0 Å². The molecule has 0 bridgehead atoms. The molecule has 6 nitrogen and oxygen atoms in total. The maximum Gasteiger partial charge on any atom is 0.342 e. The van der Waals surface area contributed by atoms with Gasteiger partial charge >= 0.3 is 5.97 Å². The number of nitrogens with one attached hydrogen (secondary N) is 2. The highest BCUT2D eigenvalue weighted by molar-refractivity contribution is 5.96. The summed E-state index contributed by atoms with van der Waals surface area (Å²) in [5.74, 6) is -1.50. The van der Waals surface area contributed by atoms with Gasteiger partial charge in [0.25, 0.3) is 5.91 Å². The molecule has 3 aromatic rings. The summed E-state index contributed by atoms with van der Waals surface area (Å²) >= 11 is 0. The second-order valence-electron chi connectivity index (χ2n) is 5.84. The zero-order chi connectivity index (χ0) is 19.8. The molecular formula is C21H18FN3O3. The molecule has 0 aliphatic rings. The molecular weight excluding hydrogens is 361 g/mol. The second kappa shape index (κ2) is 9.27. The van der Waals surface area contributed by atoms with Crippen molar-refractivity contribution < 1.29 is 18.7 Å². The second-order valence-corrected chi connectivity index (χ2v) is 5.84. The number of nitrogens with zero attached hydrogens (tertiary/aromatic N) is 1. The predicted octanol–water partition coefficient (Wildman–Crippen LogP) is 3.44. The summed E-state index contributed by atoms with van der Waals surface area (Å²) in [5.41, 5.74) is 1.21. The first-order valence-corrected chi connectivity index (χ1v) is 8.58. The average Bonchev–Trinajstić information content (AvgIpc) is 2.73. The van der Waals surface area contributed by atoms with Crippen molar-refractivity contribution in [3.8, 4) is 0 Å². The number of ether oxygens (including phenoxy) is 1. The normalized spacial score (nSPS) is 10.2. The van der Waals surface area contributed by atoms with Gasteiger partial charge in [-0.05, 0) is 29.8 Å². The third-order valence-electron chi connectivity index (χ3n) is 3.82. The SMILES string of the molecule is O=C(COC(=O)c1cccnc1Nc1ccccc1F)NCc1ccccc1. The first kappa shape index (κ1) is 19.0. The predicted molar refractivity (Wildman–Crippen MR) is 102 cm³/mol. The molecule has 0 unspecified atom stereocenters. The molecule has 1 heterocycles. The number of hydrogen-bond acceptors (Lipinski definition) is 5. The molecule has 1 amide bonds. The Labute approximate surface area is 161 Å². The monoisotopic (exact) mass is 379 g/mol. The molecule has 0 saturated carbocycles. The van der Waals surface area contributed by atoms with Crippen LogP contribution in [0.2, 0.25) is 0 Å². The molecule has 0 aliphatic carbocycles. The van der Waals surface area contributed by atoms with Crippen molar-refractivity contribution in [3.05, 3.63) is 89.9 Å². The van der Waals surface area contributed by atoms with E-state index in [1.54, 1.807) is 18.2 Å². The van der Waals surface area contributed by atoms with Gasteiger partial charge in [-0.3, -0.25) is 4.79 Å². The Balaban J connectivity index is 1.58. The Bertz CT molecular complexity index is 964. The van der Waals surface area contributed by atoms with E-state index in [-0.39, 0.29) is 17.1 Å². The lowest BCUT2D eigenvalue weighted by Gasteiger charge is -2.11. The van der Waals surface area contributed by atoms with Crippen LogP contribution >= 0.6 is 0 Å². The van der Waals surface area contributed by atoms with Gasteiger partial charge in [0.15, 0.2) is 6.61 Å². The van der Waals surface area contributed by atoms with Gasteiger partial charge in [-0.15, -0.1) is 0 Å². The summed E-state index contributed by atoms with van der Waals surface area (Å²) in [5, 5.41) is 5.44. The fourth-order valence-electron chi connectivity index (χ4n) is 2.42. The van der Waals surface area contributed by atoms with Crippen LogP contribution < -0.4 is 10.6 Å². The van der Waals surface area contributed by atoms with E-state index in [4.69, 9.17) is 4.74 Å². The highest BCUT2D eigenvalue weighted by Crippen LogP contribution is 2.21. The topological polar surface area (TPSA) is 80.3 Å². The lowest BCUT2D eigenvalue weighted by atomic mass is 10.2. The Morgan fingerprint density at radius 2 is 1.71 bits per heavy atom. The summed E-state index contributed by atoms with van der Waals surface area (Å²) in [4.78, 5) is 28.3. The quantitative estimate of drug-likeness (QED) is 0.615. The van der Waals surface area contributed by atoms with E-state index in [1.807, 2.05) is 30.3 Å². The van der Waals surface area contributed by atoms with Gasteiger partial charge in [-0.1, -0.05) is 42.5 Å². The summed E-state index contributed by atoms with van der Waals surface area (Å²) < 4.78 is 18.9. The first-order chi connectivity index (χ1) is 13.6. The summed E-state index contributed by atoms with van der Waals surface area (Å²) in [7, 11) is 0. The van der Waals surface area contributed by atoms with Crippen LogP contribution in [0.5, 0.6) is 0 Å². The smallest absolute Gasteiger partial charge is 0.342 e. The zero-order valence-electron chi connectivity index (χ0n) is 14.9. The number of pyridine rings is 1. The van der Waals surface area contributed by atoms with Gasteiger partial charge in [0.1, 0.15) is 17.2 Å². The van der Waals surface area contributed by atoms with Crippen LogP contribution in [0.3, 0.4) is 0 Å². The number of amides is 1. The lowest BCUT2D eigenvalue weighted by Crippen LogP contribution is -2.28. The molecule has 7 heteroatoms. The highest BCUT2D eigenvalue weighted by Gasteiger charge is 2.16. The summed E-state index contributed by atoms with van der Waals surface area (Å²) in [6, 6.07) is 18.4. The summed E-state index contributed by atoms with van der Waals surface area (Å²) in [6.45, 7) is -0.0933. The first-order valence-electron chi connectivity index (χ1n) is 8.58. The number of halogens is 1. The Morgan fingerprint density at radius 3 is 2.50 bits per heavy atom. The van der Waals surface area contributed by atoms with Crippen molar-refractivity contribution in [2.75, 3.05) is 11.9 Å². The number of benzene rings is 2. The van der Waals surface area contributed by atoms with E-state index >= 15 is 0 Å². The minimum absolute atomic E-state index is 0.0987. The molecule has 0 saturated heterocycles. The van der Waals surface area contributed by atoms with Crippen LogP contribution in [0.25, 0.3) is 0 Å². The molecule has 0 spiro atoms. The van der Waals surface area contributed by atoms with E-state index in [9.17, 15) is 14.0 Å². The van der Waals surface area contributed by atoms with Gasteiger partial charge in [-0.2, -0.15) is 0 Å². The van der Waals surface area contributed by atoms with Crippen molar-refractivity contribution in [3.63, 3.8) is 0 Å². The van der Waals surface area contributed by atoms with Crippen LogP contribution in [0.1, 0.15) is 15.9 Å². The number of hydrogen-bond donors (Lipinski definition) is 2. The molecule has 142 valence electrons. The number of carbonyl (C=O) groups is 2. The molecule has 0 atom stereocenters. The van der Waals surface area contributed by atoms with Gasteiger partial charge in [-0.25, -0.2) is 14.2 Å². The minimum atomic E-state index is -0.734. The number of para-hydroxylation sites is 1. The standard InChI is InChI=1S/C21H18FN3O3/c22-17-10-4-5-11-18(17)25-20-16(9-6-12-23-20)21(27)28-14-19(26)24-13-15-7-2-1-3-8-15/h1-12H,13-14H2,(H,23,25)(H,24,26). The molecule has 1 aromatic heterocycles. The number of carbonyl (C=O) groups excluding carboxylic acids is 2. The van der Waals surface area contributed by atoms with E-state index < -0.39 is 24.3 Å². The fourth-order valence-corrected chi connectivity index (χ4v) is 2.42. The molecule has 28 heavy (non-hydrogen) atoms. The van der Waals surface area contributed by atoms with Crippen LogP contribution in [-0.2, 0) is 16.1 Å². The van der Waals surface area contributed by atoms with Crippen molar-refractivity contribution in [2.24, 2.45) is 0 Å². The van der Waals surface area contributed by atoms with Crippen molar-refractivity contribution in [2.45, 2.75) is 6.54 Å². The maximum absolute atomic E-state index is 13.8. The molecule has 2 aromatic carbocycles. The van der Waals surface area contributed by atoms with Crippen molar-refractivity contribution >= 4 is 23.4 Å². The average molecular weight is 379 g/mol. The third kappa shape index (κ3) is 5.14. The Kier molecular flexibility index (Phi) is 6.30. The molecule has 0 fully saturated rings. The Hall–Kier alpha value is -3.74. The van der Waals surface area contributed by atoms with Gasteiger partial charge in [0.05, 0.1) is 5.69 Å². The summed E-state index contributed by atoms with van der Waals surface area (Å²) in [6.07, 6.45) is 1.46. The van der Waals surface area contributed by atoms with E-state index in [0.717, 1.165) is 5.56 Å². The van der Waals surface area contributed by atoms with Crippen LogP contribution in [0, 0.1) is 5.82 Å². The number of anilines is 2. The minimum Gasteiger partial charge on any atom is -0.452 e. The number of esters is 1. The van der Waals surface area contributed by atoms with Crippen molar-refractivity contribution in [1.29, 1.82) is 0 Å². The van der Waals surface area contributed by atoms with E-state index in [2.05, 4.69) is 15.6 Å². The van der Waals surface area contributed by atoms with Crippen LogP contribution in [0.4, 0.5) is 15.9 Å². The van der Waals surface area contributed by atoms with E-state index in [1.165, 1.54) is 24.4 Å². The van der Waals surface area contributed by atoms with Crippen LogP contribution in [-0.4, -0.2) is 23.5 Å². The third-order valence-corrected chi connectivity index (χ3v) is 3.82. The highest BCUT2D eigenvalue weighted by atomic mass is 19.1. The number of rotatable bonds is 7. The van der Waals surface area contributed by atoms with Crippen molar-refractivity contribution in [1.82, 2.24) is 10.3 Å². The van der Waals surface area contributed by atoms with Crippen LogP contribution in [0.15, 0.2) is 72.9 Å². The Morgan fingerprint density at radius 1 is 0.964 bits per heavy atom. The maximum atomic E-state index is 13.8. The molecule has 3 rings (SSSR count). The lowest BCUT2D eigenvalue weighted by molar-refractivity contribution is -0.124. The van der Waals surface area contributed by atoms with Gasteiger partial charge < -0.3 is 15.4 Å². The van der Waals surface area contributed by atoms with Gasteiger partial charge in [0, 0.05) is 12.7 Å². The largest absolute Gasteiger partial charge is 0.452 e. The molecule has 0 aliphatic heterocycles. The van der Waals surface area contributed by atoms with E-state index in [0.29, 0.717) is 6.54 Å². The molecule has 0 radical (unpaired) electrons. The fraction of sp³-hybridized carbons (Fsp3) is 0.0952.